The van der Waals surface area contributed by atoms with Crippen LogP contribution in [0.2, 0.25) is 0 Å². The zero-order valence-corrected chi connectivity index (χ0v) is 8.09. The van der Waals surface area contributed by atoms with Crippen LogP contribution < -0.4 is 5.32 Å². The van der Waals surface area contributed by atoms with Crippen LogP contribution in [0.5, 0.6) is 0 Å². The van der Waals surface area contributed by atoms with E-state index in [4.69, 9.17) is 0 Å². The summed E-state index contributed by atoms with van der Waals surface area (Å²) < 4.78 is 0. The minimum atomic E-state index is 0.932. The van der Waals surface area contributed by atoms with E-state index in [2.05, 4.69) is 22.2 Å². The van der Waals surface area contributed by atoms with Crippen molar-refractivity contribution in [3.05, 3.63) is 0 Å². The second-order valence-corrected chi connectivity index (χ2v) is 2.89. The maximum absolute atomic E-state index is 4.02. The number of aliphatic imine (C=N–C) groups is 1. The predicted octanol–water partition coefficient (Wildman–Crippen LogP) is 1.34. The highest BCUT2D eigenvalue weighted by Gasteiger charge is 1.92. The van der Waals surface area contributed by atoms with E-state index < -0.39 is 0 Å². The van der Waals surface area contributed by atoms with Crippen molar-refractivity contribution >= 4 is 16.9 Å². The van der Waals surface area contributed by atoms with Crippen LogP contribution in [0.3, 0.4) is 0 Å². The second kappa shape index (κ2) is 7.49. The Balaban J connectivity index is 3.42. The molecule has 11 heavy (non-hydrogen) atoms. The van der Waals surface area contributed by atoms with Crippen molar-refractivity contribution in [3.63, 3.8) is 0 Å². The molecule has 0 atom stereocenters. The van der Waals surface area contributed by atoms with Crippen LogP contribution in [-0.2, 0) is 0 Å². The predicted molar refractivity (Wildman–Crippen MR) is 52.9 cm³/mol. The summed E-state index contributed by atoms with van der Waals surface area (Å²) >= 11 is 1.70. The fourth-order valence-corrected chi connectivity index (χ4v) is 1.24. The molecule has 0 rings (SSSR count). The maximum atomic E-state index is 4.02. The van der Waals surface area contributed by atoms with Gasteiger partial charge in [-0.15, -0.1) is 11.8 Å². The highest BCUT2D eigenvalue weighted by molar-refractivity contribution is 8.13. The molecule has 62 valence electrons. The van der Waals surface area contributed by atoms with Crippen molar-refractivity contribution < 1.29 is 0 Å². The minimum absolute atomic E-state index is 0.932. The standard InChI is InChI=1S/C8H14N2S/c1-4-5-6-7-11-8(9-2)10-3/h6-7H2,1-3H3,(H,9,10). The molecule has 1 N–H and O–H groups in total. The molecule has 0 unspecified atom stereocenters. The van der Waals surface area contributed by atoms with E-state index in [1.807, 2.05) is 14.0 Å². The molecule has 2 nitrogen and oxygen atoms in total. The van der Waals surface area contributed by atoms with E-state index in [1.54, 1.807) is 18.8 Å². The molecular formula is C8H14N2S. The van der Waals surface area contributed by atoms with Crippen molar-refractivity contribution in [2.75, 3.05) is 19.8 Å². The number of rotatable bonds is 2. The third-order valence-corrected chi connectivity index (χ3v) is 2.13. The number of hydrogen-bond acceptors (Lipinski definition) is 2. The molecule has 0 spiro atoms. The summed E-state index contributed by atoms with van der Waals surface area (Å²) in [5.74, 6) is 6.86. The van der Waals surface area contributed by atoms with Gasteiger partial charge in [-0.3, -0.25) is 4.99 Å². The van der Waals surface area contributed by atoms with E-state index in [9.17, 15) is 0 Å². The van der Waals surface area contributed by atoms with Gasteiger partial charge >= 0.3 is 0 Å². The Morgan fingerprint density at radius 1 is 1.64 bits per heavy atom. The lowest BCUT2D eigenvalue weighted by atomic mass is 10.5. The molecule has 0 heterocycles. The number of nitrogens with zero attached hydrogens (tertiary/aromatic N) is 1. The zero-order chi connectivity index (χ0) is 8.53. The van der Waals surface area contributed by atoms with Crippen LogP contribution in [0, 0.1) is 11.8 Å². The summed E-state index contributed by atoms with van der Waals surface area (Å²) in [5.41, 5.74) is 0. The first-order valence-electron chi connectivity index (χ1n) is 3.52. The third-order valence-electron chi connectivity index (χ3n) is 1.06. The van der Waals surface area contributed by atoms with Gasteiger partial charge in [0.25, 0.3) is 0 Å². The van der Waals surface area contributed by atoms with E-state index in [-0.39, 0.29) is 0 Å². The van der Waals surface area contributed by atoms with Gasteiger partial charge in [-0.1, -0.05) is 11.8 Å². The molecule has 0 saturated heterocycles. The Kier molecular flexibility index (Phi) is 7.06. The summed E-state index contributed by atoms with van der Waals surface area (Å²) in [5, 5.41) is 3.97. The summed E-state index contributed by atoms with van der Waals surface area (Å²) in [6.45, 7) is 1.86. The Bertz CT molecular complexity index is 176. The lowest BCUT2D eigenvalue weighted by Crippen LogP contribution is -2.14. The summed E-state index contributed by atoms with van der Waals surface area (Å²) in [4.78, 5) is 4.02. The molecule has 0 fully saturated rings. The van der Waals surface area contributed by atoms with Gasteiger partial charge in [0.1, 0.15) is 0 Å². The molecule has 0 aliphatic carbocycles. The zero-order valence-electron chi connectivity index (χ0n) is 7.27. The van der Waals surface area contributed by atoms with E-state index in [0.717, 1.165) is 17.3 Å². The van der Waals surface area contributed by atoms with Gasteiger partial charge in [0.2, 0.25) is 0 Å². The SMILES string of the molecule is CC#CCCSC(=NC)NC. The van der Waals surface area contributed by atoms with Gasteiger partial charge in [0.05, 0.1) is 0 Å². The quantitative estimate of drug-likeness (QED) is 0.293. The normalized spacial score (nSPS) is 10.3. The van der Waals surface area contributed by atoms with Gasteiger partial charge < -0.3 is 5.32 Å². The molecule has 0 aliphatic rings. The van der Waals surface area contributed by atoms with Crippen molar-refractivity contribution in [2.24, 2.45) is 4.99 Å². The summed E-state index contributed by atoms with van der Waals surface area (Å²) in [7, 11) is 3.66. The van der Waals surface area contributed by atoms with E-state index in [1.165, 1.54) is 0 Å². The monoisotopic (exact) mass is 170 g/mol. The average molecular weight is 170 g/mol. The van der Waals surface area contributed by atoms with Crippen LogP contribution >= 0.6 is 11.8 Å². The number of hydrogen-bond donors (Lipinski definition) is 1. The molecule has 0 aromatic carbocycles. The van der Waals surface area contributed by atoms with Gasteiger partial charge in [-0.05, 0) is 6.92 Å². The first-order chi connectivity index (χ1) is 5.35. The summed E-state index contributed by atoms with van der Waals surface area (Å²) in [6.07, 6.45) is 0.932. The number of amidine groups is 1. The van der Waals surface area contributed by atoms with Crippen LogP contribution in [-0.4, -0.2) is 25.0 Å². The third kappa shape index (κ3) is 5.81. The Hall–Kier alpha value is -0.620. The fraction of sp³-hybridized carbons (Fsp3) is 0.625. The van der Waals surface area contributed by atoms with Crippen LogP contribution in [0.25, 0.3) is 0 Å². The van der Waals surface area contributed by atoms with E-state index in [0.29, 0.717) is 0 Å². The van der Waals surface area contributed by atoms with E-state index >= 15 is 0 Å². The van der Waals surface area contributed by atoms with Gasteiger partial charge in [-0.2, -0.15) is 0 Å². The van der Waals surface area contributed by atoms with Crippen molar-refractivity contribution in [1.82, 2.24) is 5.32 Å². The highest BCUT2D eigenvalue weighted by atomic mass is 32.2. The molecular weight excluding hydrogens is 156 g/mol. The molecule has 3 heteroatoms. The molecule has 0 saturated carbocycles. The molecule has 0 aromatic heterocycles. The Morgan fingerprint density at radius 3 is 2.82 bits per heavy atom. The van der Waals surface area contributed by atoms with Crippen molar-refractivity contribution in [2.45, 2.75) is 13.3 Å². The van der Waals surface area contributed by atoms with Gasteiger partial charge in [0.15, 0.2) is 5.17 Å². The van der Waals surface area contributed by atoms with Crippen molar-refractivity contribution in [3.8, 4) is 11.8 Å². The molecule has 0 aliphatic heterocycles. The molecule has 0 bridgehead atoms. The Labute approximate surface area is 72.9 Å². The van der Waals surface area contributed by atoms with Crippen LogP contribution in [0.4, 0.5) is 0 Å². The summed E-state index contributed by atoms with van der Waals surface area (Å²) in [6, 6.07) is 0. The topological polar surface area (TPSA) is 24.4 Å². The largest absolute Gasteiger partial charge is 0.368 e. The molecule has 0 radical (unpaired) electrons. The van der Waals surface area contributed by atoms with Crippen LogP contribution in [0.1, 0.15) is 13.3 Å². The Morgan fingerprint density at radius 2 is 2.36 bits per heavy atom. The van der Waals surface area contributed by atoms with Gasteiger partial charge in [-0.25, -0.2) is 0 Å². The fourth-order valence-electron chi connectivity index (χ4n) is 0.572. The lowest BCUT2D eigenvalue weighted by Gasteiger charge is -2.00. The number of thioether (sulfide) groups is 1. The highest BCUT2D eigenvalue weighted by Crippen LogP contribution is 2.02. The van der Waals surface area contributed by atoms with Crippen molar-refractivity contribution in [1.29, 1.82) is 0 Å². The second-order valence-electron chi connectivity index (χ2n) is 1.80. The maximum Gasteiger partial charge on any atom is 0.156 e. The molecule has 0 amide bonds. The average Bonchev–Trinajstić information content (AvgIpc) is 2.05. The first kappa shape index (κ1) is 10.4. The smallest absolute Gasteiger partial charge is 0.156 e. The lowest BCUT2D eigenvalue weighted by molar-refractivity contribution is 1.18. The van der Waals surface area contributed by atoms with Crippen LogP contribution in [0.15, 0.2) is 4.99 Å². The number of nitrogens with one attached hydrogen (secondary N) is 1. The van der Waals surface area contributed by atoms with Gasteiger partial charge in [0, 0.05) is 26.3 Å². The molecule has 0 aromatic rings. The minimum Gasteiger partial charge on any atom is -0.368 e. The first-order valence-corrected chi connectivity index (χ1v) is 4.50.